The number of carbonyl (C=O) groups excluding carboxylic acids is 1. The maximum absolute atomic E-state index is 12.1. The SMILES string of the molecule is CC[C@H](C)C(=O)NS(=O)(=O)c1c(C)nn(C)c1C. The van der Waals surface area contributed by atoms with Gasteiger partial charge in [0.1, 0.15) is 4.90 Å². The lowest BCUT2D eigenvalue weighted by Gasteiger charge is -2.10. The van der Waals surface area contributed by atoms with Crippen molar-refractivity contribution < 1.29 is 13.2 Å². The number of rotatable bonds is 4. The van der Waals surface area contributed by atoms with E-state index in [1.165, 1.54) is 4.68 Å². The van der Waals surface area contributed by atoms with Gasteiger partial charge in [0.15, 0.2) is 0 Å². The van der Waals surface area contributed by atoms with Crippen molar-refractivity contribution >= 4 is 15.9 Å². The monoisotopic (exact) mass is 273 g/mol. The Morgan fingerprint density at radius 3 is 2.39 bits per heavy atom. The van der Waals surface area contributed by atoms with Gasteiger partial charge < -0.3 is 0 Å². The third-order valence-electron chi connectivity index (χ3n) is 3.01. The topological polar surface area (TPSA) is 81.1 Å². The maximum Gasteiger partial charge on any atom is 0.267 e. The van der Waals surface area contributed by atoms with E-state index in [-0.39, 0.29) is 10.8 Å². The summed E-state index contributed by atoms with van der Waals surface area (Å²) in [7, 11) is -2.17. The summed E-state index contributed by atoms with van der Waals surface area (Å²) < 4.78 is 27.8. The molecule has 6 nitrogen and oxygen atoms in total. The quantitative estimate of drug-likeness (QED) is 0.883. The molecule has 7 heteroatoms. The predicted molar refractivity (Wildman–Crippen MR) is 67.5 cm³/mol. The molecule has 1 aromatic rings. The second-order valence-corrected chi connectivity index (χ2v) is 6.02. The van der Waals surface area contributed by atoms with E-state index in [2.05, 4.69) is 9.82 Å². The number of nitrogens with zero attached hydrogens (tertiary/aromatic N) is 2. The van der Waals surface area contributed by atoms with Gasteiger partial charge in [-0.25, -0.2) is 13.1 Å². The molecular formula is C11H19N3O3S. The predicted octanol–water partition coefficient (Wildman–Crippen LogP) is 0.888. The largest absolute Gasteiger partial charge is 0.274 e. The molecule has 0 spiro atoms. The van der Waals surface area contributed by atoms with Gasteiger partial charge >= 0.3 is 0 Å². The number of carbonyl (C=O) groups is 1. The van der Waals surface area contributed by atoms with Crippen LogP contribution < -0.4 is 4.72 Å². The highest BCUT2D eigenvalue weighted by Gasteiger charge is 2.26. The second kappa shape index (κ2) is 5.09. The Balaban J connectivity index is 3.12. The van der Waals surface area contributed by atoms with Crippen molar-refractivity contribution in [1.82, 2.24) is 14.5 Å². The Kier molecular flexibility index (Phi) is 4.16. The van der Waals surface area contributed by atoms with Crippen molar-refractivity contribution in [3.05, 3.63) is 11.4 Å². The van der Waals surface area contributed by atoms with E-state index < -0.39 is 15.9 Å². The summed E-state index contributed by atoms with van der Waals surface area (Å²) in [5, 5.41) is 4.04. The van der Waals surface area contributed by atoms with Gasteiger partial charge in [-0.05, 0) is 20.3 Å². The van der Waals surface area contributed by atoms with E-state index in [9.17, 15) is 13.2 Å². The average molecular weight is 273 g/mol. The summed E-state index contributed by atoms with van der Waals surface area (Å²) >= 11 is 0. The highest BCUT2D eigenvalue weighted by Crippen LogP contribution is 2.18. The average Bonchev–Trinajstić information content (AvgIpc) is 2.51. The van der Waals surface area contributed by atoms with E-state index >= 15 is 0 Å². The molecule has 0 bridgehead atoms. The van der Waals surface area contributed by atoms with Gasteiger partial charge in [0, 0.05) is 13.0 Å². The lowest BCUT2D eigenvalue weighted by molar-refractivity contribution is -0.122. The third kappa shape index (κ3) is 2.72. The molecule has 1 aromatic heterocycles. The van der Waals surface area contributed by atoms with Gasteiger partial charge in [-0.2, -0.15) is 5.10 Å². The van der Waals surface area contributed by atoms with Crippen LogP contribution in [0.15, 0.2) is 4.90 Å². The summed E-state index contributed by atoms with van der Waals surface area (Å²) in [5.74, 6) is -0.822. The lowest BCUT2D eigenvalue weighted by Crippen LogP contribution is -2.35. The minimum absolute atomic E-state index is 0.0849. The molecule has 1 rings (SSSR count). The van der Waals surface area contributed by atoms with E-state index in [0.717, 1.165) is 0 Å². The first kappa shape index (κ1) is 14.7. The molecule has 0 aliphatic rings. The summed E-state index contributed by atoms with van der Waals surface area (Å²) in [6, 6.07) is 0. The van der Waals surface area contributed by atoms with Crippen LogP contribution in [0.4, 0.5) is 0 Å². The fourth-order valence-corrected chi connectivity index (χ4v) is 3.13. The zero-order chi connectivity index (χ0) is 14.1. The number of aromatic nitrogens is 2. The zero-order valence-electron chi connectivity index (χ0n) is 11.3. The molecule has 102 valence electrons. The summed E-state index contributed by atoms with van der Waals surface area (Å²) in [6.45, 7) is 6.78. The van der Waals surface area contributed by atoms with Crippen LogP contribution in [-0.4, -0.2) is 24.1 Å². The van der Waals surface area contributed by atoms with Crippen LogP contribution in [0.25, 0.3) is 0 Å². The molecule has 0 unspecified atom stereocenters. The summed E-state index contributed by atoms with van der Waals surface area (Å²) in [5.41, 5.74) is 0.899. The molecule has 18 heavy (non-hydrogen) atoms. The summed E-state index contributed by atoms with van der Waals surface area (Å²) in [6.07, 6.45) is 0.590. The molecule has 1 N–H and O–H groups in total. The minimum Gasteiger partial charge on any atom is -0.274 e. The number of hydrogen-bond donors (Lipinski definition) is 1. The lowest BCUT2D eigenvalue weighted by atomic mass is 10.1. The Bertz CT molecular complexity index is 560. The molecule has 0 saturated carbocycles. The van der Waals surface area contributed by atoms with Crippen LogP contribution in [-0.2, 0) is 21.9 Å². The van der Waals surface area contributed by atoms with Crippen LogP contribution >= 0.6 is 0 Å². The highest BCUT2D eigenvalue weighted by molar-refractivity contribution is 7.90. The number of amides is 1. The van der Waals surface area contributed by atoms with Gasteiger partial charge in [-0.3, -0.25) is 9.48 Å². The Hall–Kier alpha value is -1.37. The van der Waals surface area contributed by atoms with E-state index in [1.54, 1.807) is 27.8 Å². The molecule has 0 aliphatic heterocycles. The molecule has 1 amide bonds. The van der Waals surface area contributed by atoms with E-state index in [1.807, 2.05) is 6.92 Å². The van der Waals surface area contributed by atoms with E-state index in [0.29, 0.717) is 17.8 Å². The smallest absolute Gasteiger partial charge is 0.267 e. The zero-order valence-corrected chi connectivity index (χ0v) is 12.1. The Labute approximate surface area is 107 Å². The van der Waals surface area contributed by atoms with Crippen LogP contribution in [0.5, 0.6) is 0 Å². The van der Waals surface area contributed by atoms with Crippen LogP contribution in [0.3, 0.4) is 0 Å². The first-order valence-corrected chi connectivity index (χ1v) is 7.25. The van der Waals surface area contributed by atoms with Crippen LogP contribution in [0.2, 0.25) is 0 Å². The van der Waals surface area contributed by atoms with Gasteiger partial charge in [0.05, 0.1) is 11.4 Å². The number of nitrogens with one attached hydrogen (secondary N) is 1. The third-order valence-corrected chi connectivity index (χ3v) is 4.60. The molecular weight excluding hydrogens is 254 g/mol. The second-order valence-electron chi connectivity index (χ2n) is 4.40. The molecule has 1 atom stereocenters. The van der Waals surface area contributed by atoms with Crippen molar-refractivity contribution in [2.75, 3.05) is 0 Å². The number of hydrogen-bond acceptors (Lipinski definition) is 4. The standard InChI is InChI=1S/C11H19N3O3S/c1-6-7(2)11(15)13-18(16,17)10-8(3)12-14(5)9(10)4/h7H,6H2,1-5H3,(H,13,15)/t7-/m0/s1. The van der Waals surface area contributed by atoms with Crippen molar-refractivity contribution in [2.24, 2.45) is 13.0 Å². The molecule has 0 radical (unpaired) electrons. The van der Waals surface area contributed by atoms with Crippen molar-refractivity contribution in [3.8, 4) is 0 Å². The van der Waals surface area contributed by atoms with Gasteiger partial charge in [0.25, 0.3) is 10.0 Å². The molecule has 0 aromatic carbocycles. The maximum atomic E-state index is 12.1. The Morgan fingerprint density at radius 1 is 1.44 bits per heavy atom. The number of aryl methyl sites for hydroxylation is 2. The first-order valence-electron chi connectivity index (χ1n) is 5.77. The van der Waals surface area contributed by atoms with Gasteiger partial charge in [-0.1, -0.05) is 13.8 Å². The number of sulfonamides is 1. The van der Waals surface area contributed by atoms with Crippen LogP contribution in [0, 0.1) is 19.8 Å². The van der Waals surface area contributed by atoms with Crippen molar-refractivity contribution in [2.45, 2.75) is 39.0 Å². The van der Waals surface area contributed by atoms with Crippen LogP contribution in [0.1, 0.15) is 31.7 Å². The fraction of sp³-hybridized carbons (Fsp3) is 0.636. The van der Waals surface area contributed by atoms with Gasteiger partial charge in [-0.15, -0.1) is 0 Å². The normalized spacial score (nSPS) is 13.4. The molecule has 1 heterocycles. The fourth-order valence-electron chi connectivity index (χ4n) is 1.61. The van der Waals surface area contributed by atoms with Gasteiger partial charge in [0.2, 0.25) is 5.91 Å². The van der Waals surface area contributed by atoms with Crippen molar-refractivity contribution in [3.63, 3.8) is 0 Å². The first-order chi connectivity index (χ1) is 8.20. The summed E-state index contributed by atoms with van der Waals surface area (Å²) in [4.78, 5) is 11.8. The molecule has 0 aliphatic carbocycles. The highest BCUT2D eigenvalue weighted by atomic mass is 32.2. The molecule has 0 fully saturated rings. The minimum atomic E-state index is -3.84. The molecule has 0 saturated heterocycles. The Morgan fingerprint density at radius 2 is 2.00 bits per heavy atom. The van der Waals surface area contributed by atoms with E-state index in [4.69, 9.17) is 0 Å². The van der Waals surface area contributed by atoms with Crippen molar-refractivity contribution in [1.29, 1.82) is 0 Å².